The number of rotatable bonds is 7. The first kappa shape index (κ1) is 17.7. The second kappa shape index (κ2) is 8.24. The van der Waals surface area contributed by atoms with Crippen LogP contribution in [-0.4, -0.2) is 26.7 Å². The molecular weight excluding hydrogens is 306 g/mol. The summed E-state index contributed by atoms with van der Waals surface area (Å²) < 4.78 is 16.2. The molecule has 2 rings (SSSR count). The highest BCUT2D eigenvalue weighted by Crippen LogP contribution is 2.28. The zero-order valence-corrected chi connectivity index (χ0v) is 14.5. The Morgan fingerprint density at radius 3 is 2.46 bits per heavy atom. The standard InChI is InChI=1S/C19H23NO4/c1-13-6-5-7-16(8-13)24-12-19(21)20-11-15-10-17(22-3)14(2)9-18(15)23-4/h5-10H,11-12H2,1-4H3,(H,20,21). The van der Waals surface area contributed by atoms with Gasteiger partial charge in [-0.15, -0.1) is 0 Å². The molecule has 0 aliphatic carbocycles. The van der Waals surface area contributed by atoms with E-state index in [1.165, 1.54) is 0 Å². The summed E-state index contributed by atoms with van der Waals surface area (Å²) in [4.78, 5) is 12.0. The lowest BCUT2D eigenvalue weighted by molar-refractivity contribution is -0.123. The first-order valence-corrected chi connectivity index (χ1v) is 7.71. The van der Waals surface area contributed by atoms with E-state index in [-0.39, 0.29) is 12.5 Å². The molecule has 0 saturated heterocycles. The number of carbonyl (C=O) groups excluding carboxylic acids is 1. The van der Waals surface area contributed by atoms with Crippen molar-refractivity contribution in [2.45, 2.75) is 20.4 Å². The smallest absolute Gasteiger partial charge is 0.258 e. The molecule has 0 radical (unpaired) electrons. The molecule has 1 amide bonds. The van der Waals surface area contributed by atoms with Gasteiger partial charge in [-0.3, -0.25) is 4.79 Å². The molecule has 0 heterocycles. The van der Waals surface area contributed by atoms with Gasteiger partial charge in [-0.1, -0.05) is 12.1 Å². The predicted octanol–water partition coefficient (Wildman–Crippen LogP) is 3.02. The number of ether oxygens (including phenoxy) is 3. The highest BCUT2D eigenvalue weighted by atomic mass is 16.5. The number of carbonyl (C=O) groups is 1. The zero-order chi connectivity index (χ0) is 17.5. The van der Waals surface area contributed by atoms with Crippen molar-refractivity contribution in [2.75, 3.05) is 20.8 Å². The van der Waals surface area contributed by atoms with E-state index in [1.54, 1.807) is 14.2 Å². The van der Waals surface area contributed by atoms with Gasteiger partial charge in [0, 0.05) is 12.1 Å². The van der Waals surface area contributed by atoms with Crippen molar-refractivity contribution in [3.05, 3.63) is 53.1 Å². The molecule has 0 aliphatic rings. The van der Waals surface area contributed by atoms with E-state index >= 15 is 0 Å². The first-order chi connectivity index (χ1) is 11.5. The summed E-state index contributed by atoms with van der Waals surface area (Å²) in [6.45, 7) is 4.23. The maximum atomic E-state index is 12.0. The maximum Gasteiger partial charge on any atom is 0.258 e. The topological polar surface area (TPSA) is 56.8 Å². The van der Waals surface area contributed by atoms with Crippen LogP contribution < -0.4 is 19.5 Å². The molecule has 2 aromatic carbocycles. The molecule has 0 aliphatic heterocycles. The average Bonchev–Trinajstić information content (AvgIpc) is 2.58. The van der Waals surface area contributed by atoms with E-state index < -0.39 is 0 Å². The van der Waals surface area contributed by atoms with Crippen molar-refractivity contribution in [1.29, 1.82) is 0 Å². The van der Waals surface area contributed by atoms with E-state index in [0.717, 1.165) is 22.4 Å². The Morgan fingerprint density at radius 1 is 1.04 bits per heavy atom. The van der Waals surface area contributed by atoms with Crippen LogP contribution in [0.15, 0.2) is 36.4 Å². The molecule has 2 aromatic rings. The minimum absolute atomic E-state index is 0.0330. The van der Waals surface area contributed by atoms with Crippen molar-refractivity contribution < 1.29 is 19.0 Å². The summed E-state index contributed by atoms with van der Waals surface area (Å²) in [6, 6.07) is 11.4. The van der Waals surface area contributed by atoms with Crippen molar-refractivity contribution in [1.82, 2.24) is 5.32 Å². The number of benzene rings is 2. The lowest BCUT2D eigenvalue weighted by atomic mass is 10.1. The van der Waals surface area contributed by atoms with Gasteiger partial charge >= 0.3 is 0 Å². The molecule has 0 fully saturated rings. The van der Waals surface area contributed by atoms with Crippen LogP contribution >= 0.6 is 0 Å². The van der Waals surface area contributed by atoms with E-state index in [1.807, 2.05) is 50.2 Å². The number of hydrogen-bond acceptors (Lipinski definition) is 4. The number of aryl methyl sites for hydroxylation is 2. The molecule has 0 spiro atoms. The molecule has 5 heteroatoms. The average molecular weight is 329 g/mol. The highest BCUT2D eigenvalue weighted by molar-refractivity contribution is 5.77. The SMILES string of the molecule is COc1cc(CNC(=O)COc2cccc(C)c2)c(OC)cc1C. The minimum atomic E-state index is -0.196. The number of nitrogens with one attached hydrogen (secondary N) is 1. The van der Waals surface area contributed by atoms with Gasteiger partial charge < -0.3 is 19.5 Å². The molecule has 5 nitrogen and oxygen atoms in total. The van der Waals surface area contributed by atoms with E-state index in [9.17, 15) is 4.79 Å². The molecule has 128 valence electrons. The van der Waals surface area contributed by atoms with Gasteiger partial charge in [-0.25, -0.2) is 0 Å². The second-order valence-corrected chi connectivity index (χ2v) is 5.52. The third kappa shape index (κ3) is 4.65. The van der Waals surface area contributed by atoms with Crippen molar-refractivity contribution in [3.63, 3.8) is 0 Å². The lowest BCUT2D eigenvalue weighted by Crippen LogP contribution is -2.28. The fraction of sp³-hybridized carbons (Fsp3) is 0.316. The Labute approximate surface area is 142 Å². The fourth-order valence-electron chi connectivity index (χ4n) is 2.35. The molecular formula is C19H23NO4. The van der Waals surface area contributed by atoms with Crippen molar-refractivity contribution >= 4 is 5.91 Å². The van der Waals surface area contributed by atoms with E-state index in [2.05, 4.69) is 5.32 Å². The van der Waals surface area contributed by atoms with Crippen LogP contribution in [0.4, 0.5) is 0 Å². The van der Waals surface area contributed by atoms with Crippen LogP contribution in [0.2, 0.25) is 0 Å². The molecule has 24 heavy (non-hydrogen) atoms. The molecule has 0 bridgehead atoms. The molecule has 0 aromatic heterocycles. The highest BCUT2D eigenvalue weighted by Gasteiger charge is 2.10. The van der Waals surface area contributed by atoms with Gasteiger partial charge in [0.15, 0.2) is 6.61 Å². The van der Waals surface area contributed by atoms with Gasteiger partial charge in [0.05, 0.1) is 14.2 Å². The van der Waals surface area contributed by atoms with Crippen LogP contribution in [0, 0.1) is 13.8 Å². The second-order valence-electron chi connectivity index (χ2n) is 5.52. The van der Waals surface area contributed by atoms with Gasteiger partial charge in [0.25, 0.3) is 5.91 Å². The lowest BCUT2D eigenvalue weighted by Gasteiger charge is -2.14. The van der Waals surface area contributed by atoms with Gasteiger partial charge in [-0.2, -0.15) is 0 Å². The van der Waals surface area contributed by atoms with Crippen LogP contribution in [0.25, 0.3) is 0 Å². The van der Waals surface area contributed by atoms with Crippen LogP contribution in [0.3, 0.4) is 0 Å². The largest absolute Gasteiger partial charge is 0.496 e. The number of amides is 1. The van der Waals surface area contributed by atoms with Gasteiger partial charge in [0.1, 0.15) is 17.2 Å². The first-order valence-electron chi connectivity index (χ1n) is 7.71. The van der Waals surface area contributed by atoms with Crippen molar-refractivity contribution in [3.8, 4) is 17.2 Å². The summed E-state index contributed by atoms with van der Waals surface area (Å²) in [5.41, 5.74) is 2.92. The Kier molecular flexibility index (Phi) is 6.07. The summed E-state index contributed by atoms with van der Waals surface area (Å²) in [5.74, 6) is 1.96. The predicted molar refractivity (Wildman–Crippen MR) is 92.8 cm³/mol. The Morgan fingerprint density at radius 2 is 1.79 bits per heavy atom. The normalized spacial score (nSPS) is 10.2. The summed E-state index contributed by atoms with van der Waals surface area (Å²) in [5, 5.41) is 2.83. The summed E-state index contributed by atoms with van der Waals surface area (Å²) in [7, 11) is 3.22. The zero-order valence-electron chi connectivity index (χ0n) is 14.5. The third-order valence-corrected chi connectivity index (χ3v) is 3.63. The van der Waals surface area contributed by atoms with Crippen LogP contribution in [0.5, 0.6) is 17.2 Å². The summed E-state index contributed by atoms with van der Waals surface area (Å²) >= 11 is 0. The Balaban J connectivity index is 1.94. The van der Waals surface area contributed by atoms with Crippen molar-refractivity contribution in [2.24, 2.45) is 0 Å². The summed E-state index contributed by atoms with van der Waals surface area (Å²) in [6.07, 6.45) is 0. The van der Waals surface area contributed by atoms with E-state index in [0.29, 0.717) is 18.0 Å². The maximum absolute atomic E-state index is 12.0. The van der Waals surface area contributed by atoms with E-state index in [4.69, 9.17) is 14.2 Å². The van der Waals surface area contributed by atoms with Gasteiger partial charge in [-0.05, 0) is 49.2 Å². The Hall–Kier alpha value is -2.69. The quantitative estimate of drug-likeness (QED) is 0.848. The molecule has 0 atom stereocenters. The monoisotopic (exact) mass is 329 g/mol. The van der Waals surface area contributed by atoms with Gasteiger partial charge in [0.2, 0.25) is 0 Å². The number of methoxy groups -OCH3 is 2. The molecule has 0 unspecified atom stereocenters. The molecule has 0 saturated carbocycles. The van der Waals surface area contributed by atoms with Crippen LogP contribution in [-0.2, 0) is 11.3 Å². The minimum Gasteiger partial charge on any atom is -0.496 e. The third-order valence-electron chi connectivity index (χ3n) is 3.63. The fourth-order valence-corrected chi connectivity index (χ4v) is 2.35. The Bertz CT molecular complexity index is 713. The van der Waals surface area contributed by atoms with Crippen LogP contribution in [0.1, 0.15) is 16.7 Å². The number of hydrogen-bond donors (Lipinski definition) is 1. The molecule has 1 N–H and O–H groups in total.